The molecule has 188 valence electrons. The highest BCUT2D eigenvalue weighted by atomic mass is 19.1. The number of pyridine rings is 1. The number of hydrogen-bond donors (Lipinski definition) is 1. The first-order valence-corrected chi connectivity index (χ1v) is 12.0. The van der Waals surface area contributed by atoms with E-state index in [1.165, 1.54) is 18.3 Å². The highest BCUT2D eigenvalue weighted by Crippen LogP contribution is 2.36. The molecule has 2 aliphatic heterocycles. The zero-order valence-electron chi connectivity index (χ0n) is 19.9. The Kier molecular flexibility index (Phi) is 7.28. The number of aromatic nitrogens is 1. The van der Waals surface area contributed by atoms with Crippen LogP contribution in [0, 0.1) is 11.7 Å². The van der Waals surface area contributed by atoms with Gasteiger partial charge in [0.05, 0.1) is 35.4 Å². The molecule has 4 rings (SSSR count). The summed E-state index contributed by atoms with van der Waals surface area (Å²) in [6, 6.07) is 2.98. The average molecular weight is 488 g/mol. The molecule has 2 fully saturated rings. The molecule has 0 amide bonds. The standard InChI is InChI=1S/C25H30FN3O6/c1-3-8-28-15-22(35-25(32)33)24(31)17-11-18(26)20(12-19(17)28)29-13-16-6-5-9-27(21(16)14-29)10-7-23(30)34-4-2/h7,10-12,15-16,21H,3-6,8-9,13-14H2,1-2H3,(H,32,33)/t16-,21+/m0/s1. The zero-order valence-corrected chi connectivity index (χ0v) is 19.9. The maximum absolute atomic E-state index is 15.3. The zero-order chi connectivity index (χ0) is 25.1. The lowest BCUT2D eigenvalue weighted by molar-refractivity contribution is -0.137. The Morgan fingerprint density at radius 3 is 2.77 bits per heavy atom. The second kappa shape index (κ2) is 10.4. The molecule has 35 heavy (non-hydrogen) atoms. The summed E-state index contributed by atoms with van der Waals surface area (Å²) in [6.45, 7) is 6.60. The van der Waals surface area contributed by atoms with E-state index in [-0.39, 0.29) is 23.1 Å². The van der Waals surface area contributed by atoms with Crippen molar-refractivity contribution in [1.29, 1.82) is 0 Å². The summed E-state index contributed by atoms with van der Waals surface area (Å²) < 4.78 is 26.7. The number of rotatable bonds is 7. The number of carboxylic acid groups (broad SMARTS) is 1. The summed E-state index contributed by atoms with van der Waals surface area (Å²) in [6.07, 6.45) is 5.70. The van der Waals surface area contributed by atoms with E-state index in [9.17, 15) is 14.4 Å². The topological polar surface area (TPSA) is 101 Å². The van der Waals surface area contributed by atoms with Gasteiger partial charge < -0.3 is 28.9 Å². The van der Waals surface area contributed by atoms with E-state index in [0.29, 0.717) is 43.4 Å². The van der Waals surface area contributed by atoms with Gasteiger partial charge in [0.1, 0.15) is 5.82 Å². The predicted molar refractivity (Wildman–Crippen MR) is 128 cm³/mol. The molecular formula is C25H30FN3O6. The van der Waals surface area contributed by atoms with Crippen molar-refractivity contribution < 1.29 is 28.6 Å². The molecule has 0 aliphatic carbocycles. The van der Waals surface area contributed by atoms with Crippen LogP contribution in [0.4, 0.5) is 14.9 Å². The van der Waals surface area contributed by atoms with Gasteiger partial charge in [-0.05, 0) is 44.2 Å². The number of likely N-dealkylation sites (tertiary alicyclic amines) is 1. The molecule has 0 radical (unpaired) electrons. The van der Waals surface area contributed by atoms with Gasteiger partial charge in [-0.15, -0.1) is 0 Å². The molecule has 0 bridgehead atoms. The fourth-order valence-electron chi connectivity index (χ4n) is 5.15. The Labute approximate surface area is 202 Å². The van der Waals surface area contributed by atoms with Crippen LogP contribution in [0.25, 0.3) is 10.9 Å². The van der Waals surface area contributed by atoms with Gasteiger partial charge in [-0.3, -0.25) is 4.79 Å². The van der Waals surface area contributed by atoms with Gasteiger partial charge in [0.2, 0.25) is 5.43 Å². The number of piperidine rings is 1. The van der Waals surface area contributed by atoms with Crippen LogP contribution in [0.1, 0.15) is 33.1 Å². The first-order valence-electron chi connectivity index (χ1n) is 12.0. The first kappa shape index (κ1) is 24.6. The van der Waals surface area contributed by atoms with Gasteiger partial charge in [0.15, 0.2) is 5.75 Å². The number of fused-ring (bicyclic) bond motifs is 2. The summed E-state index contributed by atoms with van der Waals surface area (Å²) in [5.41, 5.74) is 0.267. The Morgan fingerprint density at radius 2 is 2.06 bits per heavy atom. The summed E-state index contributed by atoms with van der Waals surface area (Å²) in [7, 11) is 0. The molecule has 2 atom stereocenters. The second-order valence-corrected chi connectivity index (χ2v) is 8.88. The molecule has 3 heterocycles. The normalized spacial score (nSPS) is 19.9. The molecule has 2 saturated heterocycles. The number of halogens is 1. The molecule has 1 N–H and O–H groups in total. The minimum atomic E-state index is -1.59. The lowest BCUT2D eigenvalue weighted by atomic mass is 9.92. The maximum atomic E-state index is 15.3. The van der Waals surface area contributed by atoms with E-state index in [4.69, 9.17) is 9.84 Å². The number of esters is 1. The molecule has 1 aromatic carbocycles. The Bertz CT molecular complexity index is 1210. The molecular weight excluding hydrogens is 457 g/mol. The molecule has 10 heteroatoms. The number of hydrogen-bond acceptors (Lipinski definition) is 7. The van der Waals surface area contributed by atoms with Crippen molar-refractivity contribution in [3.05, 3.63) is 46.6 Å². The Morgan fingerprint density at radius 1 is 1.26 bits per heavy atom. The summed E-state index contributed by atoms with van der Waals surface area (Å²) in [4.78, 5) is 39.7. The van der Waals surface area contributed by atoms with Crippen molar-refractivity contribution in [2.75, 3.05) is 31.1 Å². The number of benzene rings is 1. The molecule has 0 saturated carbocycles. The van der Waals surface area contributed by atoms with Gasteiger partial charge in [-0.2, -0.15) is 0 Å². The number of aryl methyl sites for hydroxylation is 1. The number of carbonyl (C=O) groups excluding carboxylic acids is 1. The van der Waals surface area contributed by atoms with Gasteiger partial charge in [0.25, 0.3) is 0 Å². The van der Waals surface area contributed by atoms with Crippen LogP contribution in [0.3, 0.4) is 0 Å². The number of carbonyl (C=O) groups is 2. The largest absolute Gasteiger partial charge is 0.511 e. The third-order valence-electron chi connectivity index (χ3n) is 6.63. The molecule has 1 aromatic heterocycles. The maximum Gasteiger partial charge on any atom is 0.511 e. The number of anilines is 1. The summed E-state index contributed by atoms with van der Waals surface area (Å²) in [5.74, 6) is -0.959. The van der Waals surface area contributed by atoms with E-state index >= 15 is 4.39 Å². The lowest BCUT2D eigenvalue weighted by Gasteiger charge is -2.35. The average Bonchev–Trinajstić information content (AvgIpc) is 3.25. The van der Waals surface area contributed by atoms with Crippen LogP contribution in [0.5, 0.6) is 5.75 Å². The van der Waals surface area contributed by atoms with Crippen molar-refractivity contribution in [3.8, 4) is 5.75 Å². The van der Waals surface area contributed by atoms with Crippen molar-refractivity contribution in [2.24, 2.45) is 5.92 Å². The minimum absolute atomic E-state index is 0.0778. The smallest absolute Gasteiger partial charge is 0.463 e. The van der Waals surface area contributed by atoms with E-state index in [0.717, 1.165) is 25.8 Å². The van der Waals surface area contributed by atoms with Crippen molar-refractivity contribution in [1.82, 2.24) is 9.47 Å². The SMILES string of the molecule is CCCn1cc(OC(=O)O)c(=O)c2cc(F)c(N3C[C@@H]4CCCN(C=CC(=O)OCC)[C@@H]4C3)cc21. The lowest BCUT2D eigenvalue weighted by Crippen LogP contribution is -2.41. The monoisotopic (exact) mass is 487 g/mol. The van der Waals surface area contributed by atoms with Crippen LogP contribution < -0.4 is 15.1 Å². The van der Waals surface area contributed by atoms with Crippen molar-refractivity contribution in [3.63, 3.8) is 0 Å². The fourth-order valence-corrected chi connectivity index (χ4v) is 5.15. The van der Waals surface area contributed by atoms with Crippen molar-refractivity contribution in [2.45, 2.75) is 45.7 Å². The van der Waals surface area contributed by atoms with Crippen LogP contribution >= 0.6 is 0 Å². The molecule has 9 nitrogen and oxygen atoms in total. The van der Waals surface area contributed by atoms with E-state index < -0.39 is 17.4 Å². The Hall–Kier alpha value is -3.56. The van der Waals surface area contributed by atoms with Gasteiger partial charge in [-0.25, -0.2) is 14.0 Å². The minimum Gasteiger partial charge on any atom is -0.463 e. The van der Waals surface area contributed by atoms with E-state index in [2.05, 4.69) is 9.64 Å². The van der Waals surface area contributed by atoms with E-state index in [1.807, 2.05) is 11.8 Å². The highest BCUT2D eigenvalue weighted by molar-refractivity contribution is 5.85. The molecule has 2 aliphatic rings. The van der Waals surface area contributed by atoms with Crippen LogP contribution in [-0.4, -0.2) is 59.0 Å². The van der Waals surface area contributed by atoms with Crippen LogP contribution in [-0.2, 0) is 16.1 Å². The fraction of sp³-hybridized carbons (Fsp3) is 0.480. The highest BCUT2D eigenvalue weighted by Gasteiger charge is 2.39. The summed E-state index contributed by atoms with van der Waals surface area (Å²) in [5, 5.41) is 9.04. The Balaban J connectivity index is 1.66. The summed E-state index contributed by atoms with van der Waals surface area (Å²) >= 11 is 0. The molecule has 0 spiro atoms. The number of ether oxygens (including phenoxy) is 2. The van der Waals surface area contributed by atoms with Crippen LogP contribution in [0.15, 0.2) is 35.4 Å². The predicted octanol–water partition coefficient (Wildman–Crippen LogP) is 3.58. The van der Waals surface area contributed by atoms with Gasteiger partial charge >= 0.3 is 12.1 Å². The van der Waals surface area contributed by atoms with Gasteiger partial charge in [0, 0.05) is 38.5 Å². The second-order valence-electron chi connectivity index (χ2n) is 8.88. The van der Waals surface area contributed by atoms with Crippen LogP contribution in [0.2, 0.25) is 0 Å². The molecule has 2 aromatic rings. The van der Waals surface area contributed by atoms with Gasteiger partial charge in [-0.1, -0.05) is 6.92 Å². The quantitative estimate of drug-likeness (QED) is 0.467. The van der Waals surface area contributed by atoms with E-state index in [1.54, 1.807) is 23.8 Å². The molecule has 0 unspecified atom stereocenters. The first-order chi connectivity index (χ1) is 16.8. The number of nitrogens with zero attached hydrogens (tertiary/aromatic N) is 3. The third kappa shape index (κ3) is 5.11. The third-order valence-corrected chi connectivity index (χ3v) is 6.63. The van der Waals surface area contributed by atoms with Crippen molar-refractivity contribution >= 4 is 28.7 Å².